The molecule has 0 atom stereocenters. The smallest absolute Gasteiger partial charge is 0.416 e. The first-order chi connectivity index (χ1) is 16.2. The number of halogens is 3. The van der Waals surface area contributed by atoms with Crippen molar-refractivity contribution in [2.75, 3.05) is 7.11 Å². The molecule has 34 heavy (non-hydrogen) atoms. The minimum Gasteiger partial charge on any atom is -0.507 e. The third kappa shape index (κ3) is 4.51. The summed E-state index contributed by atoms with van der Waals surface area (Å²) in [5, 5.41) is 20.6. The van der Waals surface area contributed by atoms with Crippen molar-refractivity contribution in [2.24, 2.45) is 0 Å². The average molecular weight is 467 g/mol. The van der Waals surface area contributed by atoms with Gasteiger partial charge in [-0.25, -0.2) is 19.7 Å². The van der Waals surface area contributed by atoms with E-state index in [1.54, 1.807) is 24.3 Å². The second-order valence-corrected chi connectivity index (χ2v) is 7.13. The molecular weight excluding hydrogens is 451 g/mol. The monoisotopic (exact) mass is 467 g/mol. The van der Waals surface area contributed by atoms with Crippen LogP contribution in [-0.4, -0.2) is 38.2 Å². The molecular formula is C24H16F3N3O4. The van der Waals surface area contributed by atoms with Gasteiger partial charge in [-0.1, -0.05) is 24.3 Å². The van der Waals surface area contributed by atoms with Crippen LogP contribution in [0, 0.1) is 0 Å². The summed E-state index contributed by atoms with van der Waals surface area (Å²) in [6, 6.07) is 14.6. The molecule has 10 heteroatoms. The molecule has 0 aliphatic carbocycles. The summed E-state index contributed by atoms with van der Waals surface area (Å²) < 4.78 is 44.6. The molecule has 0 aliphatic rings. The Balaban J connectivity index is 1.97. The fourth-order valence-corrected chi connectivity index (χ4v) is 3.20. The lowest BCUT2D eigenvalue weighted by molar-refractivity contribution is -0.137. The van der Waals surface area contributed by atoms with E-state index < -0.39 is 23.5 Å². The molecule has 0 fully saturated rings. The highest BCUT2D eigenvalue weighted by molar-refractivity contribution is 5.90. The van der Waals surface area contributed by atoms with Gasteiger partial charge in [-0.2, -0.15) is 13.2 Å². The SMILES string of the molecule is COC(=O)c1cccc(-c2nc(-c3ccccc3O)nc(-c3cc(C(F)(F)F)ccc3O)n2)c1. The standard InChI is InChI=1S/C24H16F3N3O4/c1-34-23(33)14-6-4-5-13(11-14)20-28-21(16-7-2-3-8-18(16)31)30-22(29-20)17-12-15(24(25,26)27)9-10-19(17)32/h2-12,31-32H,1H3. The highest BCUT2D eigenvalue weighted by Crippen LogP contribution is 2.37. The third-order valence-corrected chi connectivity index (χ3v) is 4.89. The zero-order chi connectivity index (χ0) is 24.5. The first-order valence-electron chi connectivity index (χ1n) is 9.81. The molecule has 0 saturated heterocycles. The first-order valence-corrected chi connectivity index (χ1v) is 9.81. The molecule has 0 saturated carbocycles. The Morgan fingerprint density at radius 1 is 0.794 bits per heavy atom. The molecule has 3 aromatic carbocycles. The van der Waals surface area contributed by atoms with Crippen molar-refractivity contribution < 1.29 is 32.9 Å². The fourth-order valence-electron chi connectivity index (χ4n) is 3.20. The van der Waals surface area contributed by atoms with E-state index in [4.69, 9.17) is 4.74 Å². The molecule has 1 aromatic heterocycles. The van der Waals surface area contributed by atoms with Gasteiger partial charge < -0.3 is 14.9 Å². The van der Waals surface area contributed by atoms with Crippen LogP contribution in [0.4, 0.5) is 13.2 Å². The number of hydrogen-bond acceptors (Lipinski definition) is 7. The summed E-state index contributed by atoms with van der Waals surface area (Å²) in [7, 11) is 1.22. The van der Waals surface area contributed by atoms with Crippen LogP contribution in [0.1, 0.15) is 15.9 Å². The van der Waals surface area contributed by atoms with E-state index in [1.165, 1.54) is 31.4 Å². The number of carbonyl (C=O) groups excluding carboxylic acids is 1. The first kappa shape index (κ1) is 22.7. The van der Waals surface area contributed by atoms with Gasteiger partial charge in [0, 0.05) is 5.56 Å². The van der Waals surface area contributed by atoms with E-state index in [-0.39, 0.29) is 39.9 Å². The van der Waals surface area contributed by atoms with Crippen molar-refractivity contribution in [3.8, 4) is 45.7 Å². The molecule has 0 unspecified atom stereocenters. The Morgan fingerprint density at radius 2 is 1.44 bits per heavy atom. The van der Waals surface area contributed by atoms with Gasteiger partial charge >= 0.3 is 12.1 Å². The van der Waals surface area contributed by atoms with Crippen LogP contribution in [0.3, 0.4) is 0 Å². The number of para-hydroxylation sites is 1. The van der Waals surface area contributed by atoms with E-state index in [0.717, 1.165) is 18.2 Å². The number of aromatic hydroxyl groups is 2. The van der Waals surface area contributed by atoms with Crippen molar-refractivity contribution in [3.05, 3.63) is 77.9 Å². The summed E-state index contributed by atoms with van der Waals surface area (Å²) in [6.45, 7) is 0. The van der Waals surface area contributed by atoms with Gasteiger partial charge in [-0.3, -0.25) is 0 Å². The summed E-state index contributed by atoms with van der Waals surface area (Å²) in [6.07, 6.45) is -4.66. The second kappa shape index (κ2) is 8.81. The van der Waals surface area contributed by atoms with Crippen molar-refractivity contribution >= 4 is 5.97 Å². The molecule has 4 rings (SSSR count). The zero-order valence-corrected chi connectivity index (χ0v) is 17.5. The van der Waals surface area contributed by atoms with E-state index in [1.807, 2.05) is 0 Å². The second-order valence-electron chi connectivity index (χ2n) is 7.13. The van der Waals surface area contributed by atoms with Gasteiger partial charge in [-0.05, 0) is 42.5 Å². The number of hydrogen-bond donors (Lipinski definition) is 2. The maximum Gasteiger partial charge on any atom is 0.416 e. The Labute approximate surface area is 191 Å². The number of methoxy groups -OCH3 is 1. The highest BCUT2D eigenvalue weighted by atomic mass is 19.4. The molecule has 1 heterocycles. The number of phenolic OH excluding ortho intramolecular Hbond substituents is 2. The summed E-state index contributed by atoms with van der Waals surface area (Å²) in [5.74, 6) is -1.54. The normalized spacial score (nSPS) is 11.3. The minimum atomic E-state index is -4.66. The van der Waals surface area contributed by atoms with Gasteiger partial charge in [-0.15, -0.1) is 0 Å². The summed E-state index contributed by atoms with van der Waals surface area (Å²) in [4.78, 5) is 24.8. The lowest BCUT2D eigenvalue weighted by Gasteiger charge is -2.12. The number of aromatic nitrogens is 3. The lowest BCUT2D eigenvalue weighted by Crippen LogP contribution is -2.06. The number of ether oxygens (including phenoxy) is 1. The summed E-state index contributed by atoms with van der Waals surface area (Å²) >= 11 is 0. The quantitative estimate of drug-likeness (QED) is 0.403. The van der Waals surface area contributed by atoms with Crippen LogP contribution in [0.15, 0.2) is 66.7 Å². The molecule has 0 spiro atoms. The van der Waals surface area contributed by atoms with Gasteiger partial charge in [0.15, 0.2) is 17.5 Å². The average Bonchev–Trinajstić information content (AvgIpc) is 2.83. The summed E-state index contributed by atoms with van der Waals surface area (Å²) in [5.41, 5.74) is -0.538. The molecule has 0 bridgehead atoms. The van der Waals surface area contributed by atoms with Gasteiger partial charge in [0.2, 0.25) is 0 Å². The predicted octanol–water partition coefficient (Wildman–Crippen LogP) is 5.09. The number of benzene rings is 3. The zero-order valence-electron chi connectivity index (χ0n) is 17.5. The topological polar surface area (TPSA) is 105 Å². The lowest BCUT2D eigenvalue weighted by atomic mass is 10.1. The maximum atomic E-state index is 13.3. The Kier molecular flexibility index (Phi) is 5.89. The van der Waals surface area contributed by atoms with Gasteiger partial charge in [0.1, 0.15) is 11.5 Å². The third-order valence-electron chi connectivity index (χ3n) is 4.89. The van der Waals surface area contributed by atoms with Crippen molar-refractivity contribution in [3.63, 3.8) is 0 Å². The van der Waals surface area contributed by atoms with E-state index in [0.29, 0.717) is 5.56 Å². The largest absolute Gasteiger partial charge is 0.507 e. The number of esters is 1. The molecule has 2 N–H and O–H groups in total. The van der Waals surface area contributed by atoms with Crippen LogP contribution in [0.5, 0.6) is 11.5 Å². The van der Waals surface area contributed by atoms with Gasteiger partial charge in [0.05, 0.1) is 29.4 Å². The van der Waals surface area contributed by atoms with Gasteiger partial charge in [0.25, 0.3) is 0 Å². The number of carbonyl (C=O) groups is 1. The molecule has 0 radical (unpaired) electrons. The number of alkyl halides is 3. The minimum absolute atomic E-state index is 0.00539. The van der Waals surface area contributed by atoms with Crippen LogP contribution in [-0.2, 0) is 10.9 Å². The molecule has 0 amide bonds. The fraction of sp³-hybridized carbons (Fsp3) is 0.0833. The number of nitrogens with zero attached hydrogens (tertiary/aromatic N) is 3. The number of phenols is 2. The predicted molar refractivity (Wildman–Crippen MR) is 116 cm³/mol. The van der Waals surface area contributed by atoms with Crippen LogP contribution < -0.4 is 0 Å². The molecule has 4 aromatic rings. The van der Waals surface area contributed by atoms with Crippen molar-refractivity contribution in [2.45, 2.75) is 6.18 Å². The maximum absolute atomic E-state index is 13.3. The van der Waals surface area contributed by atoms with Crippen LogP contribution in [0.2, 0.25) is 0 Å². The van der Waals surface area contributed by atoms with Crippen LogP contribution in [0.25, 0.3) is 34.2 Å². The van der Waals surface area contributed by atoms with E-state index in [2.05, 4.69) is 15.0 Å². The van der Waals surface area contributed by atoms with Crippen molar-refractivity contribution in [1.29, 1.82) is 0 Å². The Morgan fingerprint density at radius 3 is 2.12 bits per heavy atom. The van der Waals surface area contributed by atoms with E-state index >= 15 is 0 Å². The van der Waals surface area contributed by atoms with Crippen molar-refractivity contribution in [1.82, 2.24) is 15.0 Å². The Bertz CT molecular complexity index is 1390. The molecule has 0 aliphatic heterocycles. The molecule has 172 valence electrons. The highest BCUT2D eigenvalue weighted by Gasteiger charge is 2.31. The van der Waals surface area contributed by atoms with Crippen LogP contribution >= 0.6 is 0 Å². The molecule has 7 nitrogen and oxygen atoms in total. The Hall–Kier alpha value is -4.47. The number of rotatable bonds is 4. The van der Waals surface area contributed by atoms with E-state index in [9.17, 15) is 28.2 Å².